The molecule has 0 aliphatic carbocycles. The van der Waals surface area contributed by atoms with Gasteiger partial charge in [0.15, 0.2) is 0 Å². The van der Waals surface area contributed by atoms with Gasteiger partial charge in [0.1, 0.15) is 11.4 Å². The monoisotopic (exact) mass is 408 g/mol. The SMILES string of the molecule is Cn1cc(-n2ccc(=O)c(Cc3cccc(N(CC4CCCN4)C(=O)O)c3)n2)cn1. The van der Waals surface area contributed by atoms with Crippen molar-refractivity contribution in [3.63, 3.8) is 0 Å². The lowest BCUT2D eigenvalue weighted by Gasteiger charge is -2.23. The summed E-state index contributed by atoms with van der Waals surface area (Å²) in [6.07, 6.45) is 6.43. The van der Waals surface area contributed by atoms with Crippen LogP contribution in [-0.4, -0.2) is 49.9 Å². The van der Waals surface area contributed by atoms with Gasteiger partial charge in [0.25, 0.3) is 0 Å². The Balaban J connectivity index is 1.58. The van der Waals surface area contributed by atoms with E-state index in [9.17, 15) is 14.7 Å². The number of anilines is 1. The number of carbonyl (C=O) groups is 1. The maximum absolute atomic E-state index is 12.4. The molecule has 3 heterocycles. The molecule has 156 valence electrons. The third-order valence-corrected chi connectivity index (χ3v) is 5.23. The summed E-state index contributed by atoms with van der Waals surface area (Å²) in [5, 5.41) is 21.6. The largest absolute Gasteiger partial charge is 0.465 e. The molecule has 30 heavy (non-hydrogen) atoms. The highest BCUT2D eigenvalue weighted by molar-refractivity contribution is 5.86. The number of hydrogen-bond donors (Lipinski definition) is 2. The summed E-state index contributed by atoms with van der Waals surface area (Å²) in [6.45, 7) is 1.32. The van der Waals surface area contributed by atoms with E-state index >= 15 is 0 Å². The number of benzene rings is 1. The van der Waals surface area contributed by atoms with Crippen LogP contribution in [0.2, 0.25) is 0 Å². The summed E-state index contributed by atoms with van der Waals surface area (Å²) in [5.74, 6) is 0. The number of aromatic nitrogens is 4. The Bertz CT molecular complexity index is 1100. The topological polar surface area (TPSA) is 105 Å². The molecule has 1 aliphatic heterocycles. The Morgan fingerprint density at radius 3 is 2.93 bits per heavy atom. The molecule has 0 bridgehead atoms. The lowest BCUT2D eigenvalue weighted by Crippen LogP contribution is -2.40. The van der Waals surface area contributed by atoms with Crippen LogP contribution in [0, 0.1) is 0 Å². The molecule has 1 saturated heterocycles. The van der Waals surface area contributed by atoms with E-state index in [0.29, 0.717) is 24.3 Å². The standard InChI is InChI=1S/C21H24N6O3/c1-25-14-18(12-23-25)27-9-7-20(28)19(24-27)11-15-4-2-6-17(10-15)26(21(29)30)13-16-5-3-8-22-16/h2,4,6-7,9-10,12,14,16,22H,3,5,8,11,13H2,1H3,(H,29,30). The molecule has 9 heteroatoms. The van der Waals surface area contributed by atoms with Gasteiger partial charge in [0, 0.05) is 44.0 Å². The van der Waals surface area contributed by atoms with Crippen LogP contribution in [0.3, 0.4) is 0 Å². The van der Waals surface area contributed by atoms with Crippen molar-refractivity contribution in [3.05, 3.63) is 70.4 Å². The van der Waals surface area contributed by atoms with Crippen LogP contribution in [0.5, 0.6) is 0 Å². The van der Waals surface area contributed by atoms with Gasteiger partial charge >= 0.3 is 6.09 Å². The second kappa shape index (κ2) is 8.50. The van der Waals surface area contributed by atoms with E-state index in [1.54, 1.807) is 27.8 Å². The minimum atomic E-state index is -0.988. The van der Waals surface area contributed by atoms with Crippen LogP contribution < -0.4 is 15.6 Å². The number of rotatable bonds is 6. The van der Waals surface area contributed by atoms with Crippen molar-refractivity contribution in [2.24, 2.45) is 7.05 Å². The van der Waals surface area contributed by atoms with Crippen molar-refractivity contribution in [2.75, 3.05) is 18.0 Å². The van der Waals surface area contributed by atoms with E-state index in [2.05, 4.69) is 15.5 Å². The molecule has 9 nitrogen and oxygen atoms in total. The zero-order chi connectivity index (χ0) is 21.1. The molecule has 0 radical (unpaired) electrons. The lowest BCUT2D eigenvalue weighted by atomic mass is 10.1. The average molecular weight is 408 g/mol. The highest BCUT2D eigenvalue weighted by atomic mass is 16.4. The van der Waals surface area contributed by atoms with Gasteiger partial charge < -0.3 is 10.4 Å². The first-order valence-electron chi connectivity index (χ1n) is 9.90. The minimum Gasteiger partial charge on any atom is -0.465 e. The smallest absolute Gasteiger partial charge is 0.411 e. The van der Waals surface area contributed by atoms with E-state index < -0.39 is 6.09 Å². The molecule has 1 amide bonds. The Hall–Kier alpha value is -3.46. The summed E-state index contributed by atoms with van der Waals surface area (Å²) in [7, 11) is 1.81. The Labute approximate surface area is 173 Å². The van der Waals surface area contributed by atoms with Crippen molar-refractivity contribution < 1.29 is 9.90 Å². The molecule has 1 unspecified atom stereocenters. The van der Waals surface area contributed by atoms with E-state index in [1.165, 1.54) is 11.0 Å². The normalized spacial score (nSPS) is 16.0. The average Bonchev–Trinajstić information content (AvgIpc) is 3.39. The lowest BCUT2D eigenvalue weighted by molar-refractivity contribution is 0.201. The number of amides is 1. The molecule has 4 rings (SSSR count). The summed E-state index contributed by atoms with van der Waals surface area (Å²) in [6, 6.07) is 8.91. The number of aryl methyl sites for hydroxylation is 1. The summed E-state index contributed by atoms with van der Waals surface area (Å²) in [4.78, 5) is 25.6. The predicted molar refractivity (Wildman–Crippen MR) is 112 cm³/mol. The van der Waals surface area contributed by atoms with Crippen molar-refractivity contribution >= 4 is 11.8 Å². The molecule has 2 N–H and O–H groups in total. The maximum atomic E-state index is 12.4. The van der Waals surface area contributed by atoms with Crippen LogP contribution in [0.25, 0.3) is 5.69 Å². The first-order valence-corrected chi connectivity index (χ1v) is 9.90. The van der Waals surface area contributed by atoms with Gasteiger partial charge in [0.2, 0.25) is 5.43 Å². The van der Waals surface area contributed by atoms with Crippen molar-refractivity contribution in [3.8, 4) is 5.69 Å². The highest BCUT2D eigenvalue weighted by Gasteiger charge is 2.22. The summed E-state index contributed by atoms with van der Waals surface area (Å²) in [5.41, 5.74) is 2.40. The zero-order valence-electron chi connectivity index (χ0n) is 16.7. The van der Waals surface area contributed by atoms with Crippen molar-refractivity contribution in [1.82, 2.24) is 24.9 Å². The van der Waals surface area contributed by atoms with Crippen LogP contribution in [0.15, 0.2) is 53.7 Å². The first kappa shape index (κ1) is 19.8. The quantitative estimate of drug-likeness (QED) is 0.644. The van der Waals surface area contributed by atoms with Gasteiger partial charge in [-0.15, -0.1) is 0 Å². The molecular formula is C21H24N6O3. The molecule has 0 saturated carbocycles. The fourth-order valence-corrected chi connectivity index (χ4v) is 3.69. The van der Waals surface area contributed by atoms with E-state index in [1.807, 2.05) is 31.4 Å². The second-order valence-corrected chi connectivity index (χ2v) is 7.48. The van der Waals surface area contributed by atoms with Gasteiger partial charge in [-0.05, 0) is 37.1 Å². The maximum Gasteiger partial charge on any atom is 0.411 e. The van der Waals surface area contributed by atoms with Gasteiger partial charge in [-0.25, -0.2) is 9.48 Å². The number of carboxylic acid groups (broad SMARTS) is 1. The molecule has 1 atom stereocenters. The molecule has 0 spiro atoms. The van der Waals surface area contributed by atoms with Crippen molar-refractivity contribution in [1.29, 1.82) is 0 Å². The Morgan fingerprint density at radius 1 is 1.37 bits per heavy atom. The molecular weight excluding hydrogens is 384 g/mol. The minimum absolute atomic E-state index is 0.159. The predicted octanol–water partition coefficient (Wildman–Crippen LogP) is 1.79. The molecule has 2 aromatic heterocycles. The van der Waals surface area contributed by atoms with Gasteiger partial charge in [-0.2, -0.15) is 10.2 Å². The van der Waals surface area contributed by atoms with E-state index in [0.717, 1.165) is 30.6 Å². The fourth-order valence-electron chi connectivity index (χ4n) is 3.69. The van der Waals surface area contributed by atoms with Gasteiger partial charge in [-0.3, -0.25) is 14.4 Å². The first-order chi connectivity index (χ1) is 14.5. The van der Waals surface area contributed by atoms with Crippen LogP contribution in [0.1, 0.15) is 24.1 Å². The third kappa shape index (κ3) is 4.41. The van der Waals surface area contributed by atoms with Crippen LogP contribution >= 0.6 is 0 Å². The zero-order valence-corrected chi connectivity index (χ0v) is 16.7. The molecule has 1 fully saturated rings. The number of nitrogens with zero attached hydrogens (tertiary/aromatic N) is 5. The molecule has 3 aromatic rings. The van der Waals surface area contributed by atoms with E-state index in [4.69, 9.17) is 0 Å². The summed E-state index contributed by atoms with van der Waals surface area (Å²) < 4.78 is 3.28. The van der Waals surface area contributed by atoms with Crippen LogP contribution in [0.4, 0.5) is 10.5 Å². The van der Waals surface area contributed by atoms with Crippen molar-refractivity contribution in [2.45, 2.75) is 25.3 Å². The highest BCUT2D eigenvalue weighted by Crippen LogP contribution is 2.20. The van der Waals surface area contributed by atoms with E-state index in [-0.39, 0.29) is 11.5 Å². The number of hydrogen-bond acceptors (Lipinski definition) is 5. The third-order valence-electron chi connectivity index (χ3n) is 5.23. The van der Waals surface area contributed by atoms with Gasteiger partial charge in [-0.1, -0.05) is 12.1 Å². The van der Waals surface area contributed by atoms with Gasteiger partial charge in [0.05, 0.1) is 12.4 Å². The summed E-state index contributed by atoms with van der Waals surface area (Å²) >= 11 is 0. The molecule has 1 aromatic carbocycles. The second-order valence-electron chi connectivity index (χ2n) is 7.48. The number of nitrogens with one attached hydrogen (secondary N) is 1. The Morgan fingerprint density at radius 2 is 2.23 bits per heavy atom. The van der Waals surface area contributed by atoms with Crippen LogP contribution in [-0.2, 0) is 13.5 Å². The molecule has 1 aliphatic rings. The fraction of sp³-hybridized carbons (Fsp3) is 0.333. The Kier molecular flexibility index (Phi) is 5.62.